The van der Waals surface area contributed by atoms with Gasteiger partial charge in [-0.2, -0.15) is 29.5 Å². The zero-order valence-electron chi connectivity index (χ0n) is 12.9. The molecule has 0 bridgehead atoms. The maximum Gasteiger partial charge on any atom is 0.398 e. The normalized spacial score (nSPS) is 11.5. The molecule has 0 N–H and O–H groups in total. The van der Waals surface area contributed by atoms with Gasteiger partial charge in [-0.05, 0) is 23.6 Å². The summed E-state index contributed by atoms with van der Waals surface area (Å²) < 4.78 is 47.2. The van der Waals surface area contributed by atoms with Crippen molar-refractivity contribution in [2.24, 2.45) is 0 Å². The Labute approximate surface area is 153 Å². The SMILES string of the molecule is O=C(OCc1noc(-c2ccsc2)n1)c1cccnc1SCC(F)(F)F. The van der Waals surface area contributed by atoms with Gasteiger partial charge in [0.25, 0.3) is 5.89 Å². The summed E-state index contributed by atoms with van der Waals surface area (Å²) in [6, 6.07) is 4.59. The van der Waals surface area contributed by atoms with Gasteiger partial charge in [-0.3, -0.25) is 0 Å². The zero-order chi connectivity index (χ0) is 18.6. The van der Waals surface area contributed by atoms with Crippen LogP contribution in [0.4, 0.5) is 13.2 Å². The van der Waals surface area contributed by atoms with Crippen LogP contribution in [0.1, 0.15) is 16.2 Å². The second kappa shape index (κ2) is 7.87. The fourth-order valence-electron chi connectivity index (χ4n) is 1.84. The lowest BCUT2D eigenvalue weighted by Crippen LogP contribution is -2.13. The van der Waals surface area contributed by atoms with Gasteiger partial charge < -0.3 is 9.26 Å². The Morgan fingerprint density at radius 3 is 2.92 bits per heavy atom. The Morgan fingerprint density at radius 2 is 2.19 bits per heavy atom. The van der Waals surface area contributed by atoms with E-state index in [0.29, 0.717) is 17.7 Å². The van der Waals surface area contributed by atoms with E-state index in [9.17, 15) is 18.0 Å². The number of pyridine rings is 1. The first-order valence-corrected chi connectivity index (χ1v) is 9.02. The van der Waals surface area contributed by atoms with Gasteiger partial charge in [-0.15, -0.1) is 0 Å². The van der Waals surface area contributed by atoms with E-state index >= 15 is 0 Å². The van der Waals surface area contributed by atoms with Crippen LogP contribution in [-0.2, 0) is 11.3 Å². The maximum absolute atomic E-state index is 12.4. The Bertz CT molecular complexity index is 882. The standard InChI is InChI=1S/C15H10F3N3O3S2/c16-15(17,18)8-26-13-10(2-1-4-19-13)14(22)23-6-11-20-12(24-21-11)9-3-5-25-7-9/h1-5,7H,6,8H2. The highest BCUT2D eigenvalue weighted by Crippen LogP contribution is 2.28. The van der Waals surface area contributed by atoms with Crippen LogP contribution in [0.15, 0.2) is 44.7 Å². The van der Waals surface area contributed by atoms with E-state index in [1.54, 1.807) is 6.07 Å². The molecule has 3 rings (SSSR count). The number of hydrogen-bond donors (Lipinski definition) is 0. The van der Waals surface area contributed by atoms with Gasteiger partial charge in [0.15, 0.2) is 6.61 Å². The first kappa shape index (κ1) is 18.4. The van der Waals surface area contributed by atoms with E-state index < -0.39 is 17.9 Å². The monoisotopic (exact) mass is 401 g/mol. The van der Waals surface area contributed by atoms with Crippen LogP contribution in [0.2, 0.25) is 0 Å². The molecule has 0 saturated heterocycles. The predicted molar refractivity (Wildman–Crippen MR) is 87.7 cm³/mol. The van der Waals surface area contributed by atoms with Crippen molar-refractivity contribution in [1.82, 2.24) is 15.1 Å². The van der Waals surface area contributed by atoms with Gasteiger partial charge in [0, 0.05) is 11.6 Å². The molecule has 0 aliphatic heterocycles. The molecule has 11 heteroatoms. The molecule has 0 aromatic carbocycles. The number of hydrogen-bond acceptors (Lipinski definition) is 8. The van der Waals surface area contributed by atoms with Gasteiger partial charge >= 0.3 is 12.1 Å². The van der Waals surface area contributed by atoms with Crippen LogP contribution in [0, 0.1) is 0 Å². The van der Waals surface area contributed by atoms with Crippen molar-refractivity contribution in [2.75, 3.05) is 5.75 Å². The molecule has 3 aromatic rings. The molecule has 26 heavy (non-hydrogen) atoms. The Hall–Kier alpha value is -2.40. The van der Waals surface area contributed by atoms with Crippen LogP contribution in [-0.4, -0.2) is 33.0 Å². The molecule has 3 aromatic heterocycles. The number of esters is 1. The molecule has 0 aliphatic carbocycles. The minimum atomic E-state index is -4.37. The third-order valence-corrected chi connectivity index (χ3v) is 4.69. The predicted octanol–water partition coefficient (Wildman–Crippen LogP) is 4.20. The largest absolute Gasteiger partial charge is 0.454 e. The second-order valence-corrected chi connectivity index (χ2v) is 6.61. The highest BCUT2D eigenvalue weighted by molar-refractivity contribution is 7.99. The summed E-state index contributed by atoms with van der Waals surface area (Å²) in [5.74, 6) is -1.53. The summed E-state index contributed by atoms with van der Waals surface area (Å²) in [5.41, 5.74) is 0.696. The highest BCUT2D eigenvalue weighted by atomic mass is 32.2. The van der Waals surface area contributed by atoms with E-state index in [0.717, 1.165) is 5.56 Å². The Kier molecular flexibility index (Phi) is 5.57. The number of halogens is 3. The van der Waals surface area contributed by atoms with Crippen molar-refractivity contribution in [3.63, 3.8) is 0 Å². The molecule has 0 unspecified atom stereocenters. The summed E-state index contributed by atoms with van der Waals surface area (Å²) in [6.07, 6.45) is -3.06. The van der Waals surface area contributed by atoms with Gasteiger partial charge in [0.05, 0.1) is 16.9 Å². The lowest BCUT2D eigenvalue weighted by atomic mass is 10.3. The quantitative estimate of drug-likeness (QED) is 0.452. The first-order chi connectivity index (χ1) is 12.4. The van der Waals surface area contributed by atoms with Gasteiger partial charge in [-0.1, -0.05) is 16.9 Å². The Balaban J connectivity index is 1.63. The second-order valence-electron chi connectivity index (χ2n) is 4.86. The van der Waals surface area contributed by atoms with Crippen LogP contribution in [0.25, 0.3) is 11.5 Å². The van der Waals surface area contributed by atoms with E-state index in [2.05, 4.69) is 15.1 Å². The maximum atomic E-state index is 12.4. The lowest BCUT2D eigenvalue weighted by Gasteiger charge is -2.09. The Morgan fingerprint density at radius 1 is 1.35 bits per heavy atom. The number of thiophene rings is 1. The topological polar surface area (TPSA) is 78.1 Å². The number of carbonyl (C=O) groups excluding carboxylic acids is 1. The summed E-state index contributed by atoms with van der Waals surface area (Å²) >= 11 is 1.89. The molecule has 6 nitrogen and oxygen atoms in total. The number of aromatic nitrogens is 3. The van der Waals surface area contributed by atoms with Crippen molar-refractivity contribution in [1.29, 1.82) is 0 Å². The number of thioether (sulfide) groups is 1. The van der Waals surface area contributed by atoms with Crippen LogP contribution in [0.3, 0.4) is 0 Å². The van der Waals surface area contributed by atoms with E-state index in [-0.39, 0.29) is 23.0 Å². The fourth-order valence-corrected chi connectivity index (χ4v) is 3.21. The molecule has 0 amide bonds. The number of carbonyl (C=O) groups is 1. The van der Waals surface area contributed by atoms with E-state index in [1.165, 1.54) is 29.7 Å². The summed E-state index contributed by atoms with van der Waals surface area (Å²) in [6.45, 7) is -0.273. The van der Waals surface area contributed by atoms with Gasteiger partial charge in [0.2, 0.25) is 5.82 Å². The van der Waals surface area contributed by atoms with Crippen molar-refractivity contribution in [3.05, 3.63) is 46.5 Å². The molecule has 136 valence electrons. The van der Waals surface area contributed by atoms with E-state index in [4.69, 9.17) is 9.26 Å². The van der Waals surface area contributed by atoms with Crippen LogP contribution < -0.4 is 0 Å². The van der Waals surface area contributed by atoms with E-state index in [1.807, 2.05) is 10.8 Å². The number of nitrogens with zero attached hydrogens (tertiary/aromatic N) is 3. The minimum Gasteiger partial charge on any atom is -0.454 e. The summed E-state index contributed by atoms with van der Waals surface area (Å²) in [5, 5.41) is 7.32. The van der Waals surface area contributed by atoms with Crippen LogP contribution >= 0.6 is 23.1 Å². The van der Waals surface area contributed by atoms with Gasteiger partial charge in [-0.25, -0.2) is 9.78 Å². The molecule has 0 saturated carbocycles. The third kappa shape index (κ3) is 4.82. The molecular weight excluding hydrogens is 391 g/mol. The average molecular weight is 401 g/mol. The molecule has 0 fully saturated rings. The summed E-state index contributed by atoms with van der Waals surface area (Å²) in [7, 11) is 0. The fraction of sp³-hybridized carbons (Fsp3) is 0.200. The number of ether oxygens (including phenoxy) is 1. The van der Waals surface area contributed by atoms with Crippen molar-refractivity contribution in [2.45, 2.75) is 17.8 Å². The molecular formula is C15H10F3N3O3S2. The number of alkyl halides is 3. The smallest absolute Gasteiger partial charge is 0.398 e. The highest BCUT2D eigenvalue weighted by Gasteiger charge is 2.29. The average Bonchev–Trinajstić information content (AvgIpc) is 3.28. The van der Waals surface area contributed by atoms with Crippen LogP contribution in [0.5, 0.6) is 0 Å². The van der Waals surface area contributed by atoms with Crippen molar-refractivity contribution in [3.8, 4) is 11.5 Å². The zero-order valence-corrected chi connectivity index (χ0v) is 14.5. The van der Waals surface area contributed by atoms with Gasteiger partial charge in [0.1, 0.15) is 5.03 Å². The molecule has 0 radical (unpaired) electrons. The lowest BCUT2D eigenvalue weighted by molar-refractivity contribution is -0.105. The molecule has 0 atom stereocenters. The minimum absolute atomic E-state index is 0.0525. The molecule has 0 spiro atoms. The first-order valence-electron chi connectivity index (χ1n) is 7.09. The molecule has 0 aliphatic rings. The third-order valence-electron chi connectivity index (χ3n) is 2.93. The van der Waals surface area contributed by atoms with Crippen molar-refractivity contribution >= 4 is 29.1 Å². The molecule has 3 heterocycles. The van der Waals surface area contributed by atoms with Crippen molar-refractivity contribution < 1.29 is 27.2 Å². The number of rotatable bonds is 6. The summed E-state index contributed by atoms with van der Waals surface area (Å²) in [4.78, 5) is 20.1.